The van der Waals surface area contributed by atoms with Crippen LogP contribution in [-0.2, 0) is 16.0 Å². The third kappa shape index (κ3) is 3.75. The van der Waals surface area contributed by atoms with Crippen molar-refractivity contribution in [2.45, 2.75) is 32.3 Å². The van der Waals surface area contributed by atoms with Crippen LogP contribution in [0.1, 0.15) is 19.4 Å². The molecule has 0 saturated carbocycles. The lowest BCUT2D eigenvalue weighted by molar-refractivity contribution is -0.137. The minimum atomic E-state index is -0.505. The van der Waals surface area contributed by atoms with Gasteiger partial charge in [0.1, 0.15) is 5.82 Å². The topological polar surface area (TPSA) is 30.5 Å². The van der Waals surface area contributed by atoms with Crippen molar-refractivity contribution < 1.29 is 13.9 Å². The van der Waals surface area contributed by atoms with Gasteiger partial charge in [-0.2, -0.15) is 0 Å². The molecule has 2 rings (SSSR count). The Hall–Kier alpha value is -0.490. The van der Waals surface area contributed by atoms with Crippen LogP contribution in [0.4, 0.5) is 4.39 Å². The largest absolute Gasteiger partial charge is 0.348 e. The van der Waals surface area contributed by atoms with Crippen LogP contribution < -0.4 is 5.32 Å². The smallest absolute Gasteiger partial charge is 0.163 e. The monoisotopic (exact) mass is 317 g/mol. The third-order valence-corrected chi connectivity index (χ3v) is 3.26. The van der Waals surface area contributed by atoms with E-state index in [0.717, 1.165) is 4.47 Å². The lowest BCUT2D eigenvalue weighted by Gasteiger charge is -2.17. The van der Waals surface area contributed by atoms with E-state index in [0.29, 0.717) is 25.3 Å². The summed E-state index contributed by atoms with van der Waals surface area (Å²) in [5.74, 6) is -0.712. The Morgan fingerprint density at radius 2 is 2.28 bits per heavy atom. The summed E-state index contributed by atoms with van der Waals surface area (Å²) in [4.78, 5) is 0. The number of hydrogen-bond donors (Lipinski definition) is 1. The van der Waals surface area contributed by atoms with Gasteiger partial charge in [-0.3, -0.25) is 0 Å². The molecule has 18 heavy (non-hydrogen) atoms. The van der Waals surface area contributed by atoms with E-state index in [1.54, 1.807) is 6.07 Å². The first-order chi connectivity index (χ1) is 8.46. The van der Waals surface area contributed by atoms with Crippen LogP contribution in [0.15, 0.2) is 22.7 Å². The molecule has 1 fully saturated rings. The van der Waals surface area contributed by atoms with Crippen LogP contribution in [0, 0.1) is 5.82 Å². The molecule has 0 aromatic heterocycles. The van der Waals surface area contributed by atoms with Crippen molar-refractivity contribution in [2.75, 3.05) is 13.2 Å². The Morgan fingerprint density at radius 1 is 1.50 bits per heavy atom. The van der Waals surface area contributed by atoms with Gasteiger partial charge in [0.05, 0.1) is 12.7 Å². The molecular formula is C13H17BrFNO2. The standard InChI is InChI=1S/C13H17BrFNO2/c1-13(2)17-8-11(18-13)7-16-6-9-3-4-10(14)5-12(9)15/h3-5,11,16H,6-8H2,1-2H3. The SMILES string of the molecule is CC1(C)OCC(CNCc2ccc(Br)cc2F)O1. The van der Waals surface area contributed by atoms with E-state index >= 15 is 0 Å². The molecule has 1 aliphatic rings. The molecule has 1 unspecified atom stereocenters. The molecule has 5 heteroatoms. The van der Waals surface area contributed by atoms with Crippen LogP contribution in [0.2, 0.25) is 0 Å². The molecule has 0 amide bonds. The summed E-state index contributed by atoms with van der Waals surface area (Å²) in [6, 6.07) is 5.07. The second kappa shape index (κ2) is 5.65. The lowest BCUT2D eigenvalue weighted by atomic mass is 10.2. The van der Waals surface area contributed by atoms with E-state index < -0.39 is 5.79 Å². The van der Waals surface area contributed by atoms with E-state index in [1.165, 1.54) is 6.07 Å². The highest BCUT2D eigenvalue weighted by atomic mass is 79.9. The molecule has 1 aromatic rings. The van der Waals surface area contributed by atoms with E-state index in [2.05, 4.69) is 21.2 Å². The molecule has 3 nitrogen and oxygen atoms in total. The molecule has 0 radical (unpaired) electrons. The van der Waals surface area contributed by atoms with E-state index in [1.807, 2.05) is 19.9 Å². The van der Waals surface area contributed by atoms with Gasteiger partial charge in [-0.25, -0.2) is 4.39 Å². The number of hydrogen-bond acceptors (Lipinski definition) is 3. The number of ether oxygens (including phenoxy) is 2. The molecule has 100 valence electrons. The zero-order chi connectivity index (χ0) is 13.2. The number of benzene rings is 1. The summed E-state index contributed by atoms with van der Waals surface area (Å²) in [7, 11) is 0. The first kappa shape index (κ1) is 13.9. The Labute approximate surface area is 115 Å². The fourth-order valence-electron chi connectivity index (χ4n) is 1.90. The molecule has 0 bridgehead atoms. The van der Waals surface area contributed by atoms with Crippen LogP contribution in [0.3, 0.4) is 0 Å². The average Bonchev–Trinajstić information content (AvgIpc) is 2.61. The van der Waals surface area contributed by atoms with Crippen LogP contribution in [0.5, 0.6) is 0 Å². The normalized spacial score (nSPS) is 22.3. The number of halogens is 2. The Balaban J connectivity index is 1.79. The maximum Gasteiger partial charge on any atom is 0.163 e. The highest BCUT2D eigenvalue weighted by Gasteiger charge is 2.32. The van der Waals surface area contributed by atoms with E-state index in [4.69, 9.17) is 9.47 Å². The van der Waals surface area contributed by atoms with Crippen LogP contribution >= 0.6 is 15.9 Å². The average molecular weight is 318 g/mol. The molecular weight excluding hydrogens is 301 g/mol. The molecule has 1 heterocycles. The maximum atomic E-state index is 13.5. The van der Waals surface area contributed by atoms with Gasteiger partial charge in [0.2, 0.25) is 0 Å². The van der Waals surface area contributed by atoms with Crippen LogP contribution in [0.25, 0.3) is 0 Å². The second-order valence-electron chi connectivity index (χ2n) is 4.82. The highest BCUT2D eigenvalue weighted by molar-refractivity contribution is 9.10. The van der Waals surface area contributed by atoms with Gasteiger partial charge in [0.15, 0.2) is 5.79 Å². The second-order valence-corrected chi connectivity index (χ2v) is 5.73. The van der Waals surface area contributed by atoms with Crippen molar-refractivity contribution in [1.82, 2.24) is 5.32 Å². The van der Waals surface area contributed by atoms with Gasteiger partial charge in [-0.05, 0) is 26.0 Å². The number of nitrogens with one attached hydrogen (secondary N) is 1. The molecule has 0 aliphatic carbocycles. The summed E-state index contributed by atoms with van der Waals surface area (Å²) in [6.07, 6.45) is 0.0264. The van der Waals surface area contributed by atoms with E-state index in [-0.39, 0.29) is 11.9 Å². The van der Waals surface area contributed by atoms with Gasteiger partial charge in [0.25, 0.3) is 0 Å². The molecule has 1 aromatic carbocycles. The summed E-state index contributed by atoms with van der Waals surface area (Å²) >= 11 is 3.23. The molecule has 1 N–H and O–H groups in total. The summed E-state index contributed by atoms with van der Waals surface area (Å²) < 4.78 is 25.4. The Morgan fingerprint density at radius 3 is 2.89 bits per heavy atom. The van der Waals surface area contributed by atoms with Gasteiger partial charge >= 0.3 is 0 Å². The Kier molecular flexibility index (Phi) is 4.37. The fourth-order valence-corrected chi connectivity index (χ4v) is 2.23. The van der Waals surface area contributed by atoms with Crippen molar-refractivity contribution in [3.63, 3.8) is 0 Å². The van der Waals surface area contributed by atoms with Crippen molar-refractivity contribution >= 4 is 15.9 Å². The Bertz CT molecular complexity index is 425. The number of rotatable bonds is 4. The molecule has 1 saturated heterocycles. The lowest BCUT2D eigenvalue weighted by Crippen LogP contribution is -2.30. The summed E-state index contributed by atoms with van der Waals surface area (Å²) in [5.41, 5.74) is 0.649. The van der Waals surface area contributed by atoms with Gasteiger partial charge < -0.3 is 14.8 Å². The summed E-state index contributed by atoms with van der Waals surface area (Å²) in [5, 5.41) is 3.18. The van der Waals surface area contributed by atoms with Crippen molar-refractivity contribution in [3.8, 4) is 0 Å². The predicted molar refractivity (Wildman–Crippen MR) is 70.7 cm³/mol. The maximum absolute atomic E-state index is 13.5. The molecule has 0 spiro atoms. The summed E-state index contributed by atoms with van der Waals surface area (Å²) in [6.45, 7) is 5.49. The van der Waals surface area contributed by atoms with Gasteiger partial charge in [-0.1, -0.05) is 22.0 Å². The van der Waals surface area contributed by atoms with Crippen molar-refractivity contribution in [2.24, 2.45) is 0 Å². The fraction of sp³-hybridized carbons (Fsp3) is 0.538. The molecule has 1 atom stereocenters. The zero-order valence-corrected chi connectivity index (χ0v) is 12.1. The van der Waals surface area contributed by atoms with Crippen molar-refractivity contribution in [1.29, 1.82) is 0 Å². The minimum absolute atomic E-state index is 0.0264. The first-order valence-electron chi connectivity index (χ1n) is 5.93. The third-order valence-electron chi connectivity index (χ3n) is 2.77. The highest BCUT2D eigenvalue weighted by Crippen LogP contribution is 2.21. The van der Waals surface area contributed by atoms with Crippen LogP contribution in [-0.4, -0.2) is 25.0 Å². The van der Waals surface area contributed by atoms with Gasteiger partial charge in [0, 0.05) is 23.1 Å². The quantitative estimate of drug-likeness (QED) is 0.926. The van der Waals surface area contributed by atoms with E-state index in [9.17, 15) is 4.39 Å². The first-order valence-corrected chi connectivity index (χ1v) is 6.72. The van der Waals surface area contributed by atoms with Gasteiger partial charge in [-0.15, -0.1) is 0 Å². The molecule has 1 aliphatic heterocycles. The zero-order valence-electron chi connectivity index (χ0n) is 10.5. The van der Waals surface area contributed by atoms with Crippen molar-refractivity contribution in [3.05, 3.63) is 34.1 Å². The minimum Gasteiger partial charge on any atom is -0.348 e. The predicted octanol–water partition coefficient (Wildman–Crippen LogP) is 2.83.